The standard InChI is InChI=1S/C19H26N2/c1-15(2)20-13-18-7-5-6-8-19(18)21(4)14-17-11-9-16(3)10-12-17/h5-12,15,20H,13-14H2,1-4H3. The molecule has 2 heteroatoms. The summed E-state index contributed by atoms with van der Waals surface area (Å²) in [5.41, 5.74) is 5.30. The summed E-state index contributed by atoms with van der Waals surface area (Å²) in [7, 11) is 2.16. The average Bonchev–Trinajstić information content (AvgIpc) is 2.47. The number of para-hydroxylation sites is 1. The second-order valence-electron chi connectivity index (χ2n) is 6.01. The molecule has 0 bridgehead atoms. The summed E-state index contributed by atoms with van der Waals surface area (Å²) in [5.74, 6) is 0. The first-order chi connectivity index (χ1) is 10.1. The molecule has 0 aliphatic carbocycles. The molecule has 112 valence electrons. The van der Waals surface area contributed by atoms with Gasteiger partial charge in [0.05, 0.1) is 0 Å². The van der Waals surface area contributed by atoms with E-state index in [1.165, 1.54) is 22.4 Å². The van der Waals surface area contributed by atoms with E-state index in [0.717, 1.165) is 13.1 Å². The number of nitrogens with zero attached hydrogens (tertiary/aromatic N) is 1. The van der Waals surface area contributed by atoms with Crippen LogP contribution < -0.4 is 10.2 Å². The lowest BCUT2D eigenvalue weighted by Gasteiger charge is -2.23. The molecule has 0 aromatic heterocycles. The first-order valence-electron chi connectivity index (χ1n) is 7.64. The molecule has 2 rings (SSSR count). The lowest BCUT2D eigenvalue weighted by molar-refractivity contribution is 0.588. The average molecular weight is 282 g/mol. The van der Waals surface area contributed by atoms with Gasteiger partial charge in [0.2, 0.25) is 0 Å². The van der Waals surface area contributed by atoms with Crippen LogP contribution in [0, 0.1) is 6.92 Å². The van der Waals surface area contributed by atoms with Crippen LogP contribution in [0.5, 0.6) is 0 Å². The van der Waals surface area contributed by atoms with Crippen molar-refractivity contribution in [2.24, 2.45) is 0 Å². The van der Waals surface area contributed by atoms with Crippen molar-refractivity contribution >= 4 is 5.69 Å². The maximum Gasteiger partial charge on any atom is 0.0426 e. The van der Waals surface area contributed by atoms with Gasteiger partial charge in [-0.05, 0) is 24.1 Å². The van der Waals surface area contributed by atoms with Crippen molar-refractivity contribution in [1.82, 2.24) is 5.32 Å². The monoisotopic (exact) mass is 282 g/mol. The minimum atomic E-state index is 0.500. The maximum atomic E-state index is 3.50. The maximum absolute atomic E-state index is 3.50. The van der Waals surface area contributed by atoms with Crippen LogP contribution in [0.4, 0.5) is 5.69 Å². The number of hydrogen-bond acceptors (Lipinski definition) is 2. The van der Waals surface area contributed by atoms with Crippen LogP contribution >= 0.6 is 0 Å². The van der Waals surface area contributed by atoms with Crippen LogP contribution in [-0.2, 0) is 13.1 Å². The van der Waals surface area contributed by atoms with E-state index in [0.29, 0.717) is 6.04 Å². The topological polar surface area (TPSA) is 15.3 Å². The first-order valence-corrected chi connectivity index (χ1v) is 7.64. The Balaban J connectivity index is 2.11. The molecule has 0 saturated heterocycles. The van der Waals surface area contributed by atoms with Gasteiger partial charge in [-0.15, -0.1) is 0 Å². The molecule has 0 saturated carbocycles. The van der Waals surface area contributed by atoms with Crippen LogP contribution in [0.3, 0.4) is 0 Å². The van der Waals surface area contributed by atoms with Crippen molar-refractivity contribution in [3.05, 3.63) is 65.2 Å². The third-order valence-electron chi connectivity index (χ3n) is 3.64. The Kier molecular flexibility index (Phi) is 5.40. The van der Waals surface area contributed by atoms with E-state index in [2.05, 4.69) is 86.6 Å². The normalized spacial score (nSPS) is 10.9. The number of aryl methyl sites for hydroxylation is 1. The SMILES string of the molecule is Cc1ccc(CN(C)c2ccccc2CNC(C)C)cc1. The largest absolute Gasteiger partial charge is 0.370 e. The summed E-state index contributed by atoms with van der Waals surface area (Å²) in [4.78, 5) is 2.32. The van der Waals surface area contributed by atoms with E-state index in [1.54, 1.807) is 0 Å². The molecule has 0 heterocycles. The van der Waals surface area contributed by atoms with Gasteiger partial charge in [0.25, 0.3) is 0 Å². The summed E-state index contributed by atoms with van der Waals surface area (Å²) in [6.07, 6.45) is 0. The molecule has 0 fully saturated rings. The van der Waals surface area contributed by atoms with E-state index >= 15 is 0 Å². The van der Waals surface area contributed by atoms with Gasteiger partial charge in [0.1, 0.15) is 0 Å². The van der Waals surface area contributed by atoms with Gasteiger partial charge in [-0.25, -0.2) is 0 Å². The van der Waals surface area contributed by atoms with E-state index in [9.17, 15) is 0 Å². The molecule has 2 nitrogen and oxygen atoms in total. The van der Waals surface area contributed by atoms with Crippen LogP contribution in [0.1, 0.15) is 30.5 Å². The first kappa shape index (κ1) is 15.6. The van der Waals surface area contributed by atoms with Crippen molar-refractivity contribution < 1.29 is 0 Å². The highest BCUT2D eigenvalue weighted by atomic mass is 15.1. The molecule has 0 atom stereocenters. The van der Waals surface area contributed by atoms with Gasteiger partial charge < -0.3 is 10.2 Å². The fourth-order valence-electron chi connectivity index (χ4n) is 2.40. The molecule has 1 N–H and O–H groups in total. The molecule has 21 heavy (non-hydrogen) atoms. The van der Waals surface area contributed by atoms with Gasteiger partial charge >= 0.3 is 0 Å². The van der Waals surface area contributed by atoms with Gasteiger partial charge in [0.15, 0.2) is 0 Å². The number of nitrogens with one attached hydrogen (secondary N) is 1. The highest BCUT2D eigenvalue weighted by molar-refractivity contribution is 5.53. The third-order valence-corrected chi connectivity index (χ3v) is 3.64. The van der Waals surface area contributed by atoms with Gasteiger partial charge in [-0.1, -0.05) is 61.9 Å². The van der Waals surface area contributed by atoms with Crippen LogP contribution in [-0.4, -0.2) is 13.1 Å². The quantitative estimate of drug-likeness (QED) is 0.857. The van der Waals surface area contributed by atoms with E-state index in [-0.39, 0.29) is 0 Å². The zero-order chi connectivity index (χ0) is 15.2. The molecular weight excluding hydrogens is 256 g/mol. The second-order valence-corrected chi connectivity index (χ2v) is 6.01. The number of rotatable bonds is 6. The minimum Gasteiger partial charge on any atom is -0.370 e. The summed E-state index contributed by atoms with van der Waals surface area (Å²) < 4.78 is 0. The van der Waals surface area contributed by atoms with E-state index in [1.807, 2.05) is 0 Å². The molecule has 0 aliphatic rings. The van der Waals surface area contributed by atoms with E-state index in [4.69, 9.17) is 0 Å². The fraction of sp³-hybridized carbons (Fsp3) is 0.368. The Labute approximate surface area is 128 Å². The number of benzene rings is 2. The van der Waals surface area contributed by atoms with Gasteiger partial charge in [-0.3, -0.25) is 0 Å². The Hall–Kier alpha value is -1.80. The fourth-order valence-corrected chi connectivity index (χ4v) is 2.40. The van der Waals surface area contributed by atoms with Crippen molar-refractivity contribution in [3.63, 3.8) is 0 Å². The van der Waals surface area contributed by atoms with Crippen LogP contribution in [0.2, 0.25) is 0 Å². The van der Waals surface area contributed by atoms with Crippen molar-refractivity contribution in [2.75, 3.05) is 11.9 Å². The highest BCUT2D eigenvalue weighted by Gasteiger charge is 2.08. The van der Waals surface area contributed by atoms with Gasteiger partial charge in [-0.2, -0.15) is 0 Å². The molecule has 0 unspecified atom stereocenters. The molecule has 0 amide bonds. The molecule has 2 aromatic carbocycles. The van der Waals surface area contributed by atoms with Gasteiger partial charge in [0, 0.05) is 31.9 Å². The molecule has 0 spiro atoms. The number of anilines is 1. The van der Waals surface area contributed by atoms with E-state index < -0.39 is 0 Å². The molecule has 0 aliphatic heterocycles. The minimum absolute atomic E-state index is 0.500. The molecule has 0 radical (unpaired) electrons. The summed E-state index contributed by atoms with van der Waals surface area (Å²) in [5, 5.41) is 3.50. The predicted octanol–water partition coefficient (Wildman–Crippen LogP) is 4.13. The third kappa shape index (κ3) is 4.61. The summed E-state index contributed by atoms with van der Waals surface area (Å²) in [6.45, 7) is 8.32. The second kappa shape index (κ2) is 7.28. The van der Waals surface area contributed by atoms with Crippen molar-refractivity contribution in [3.8, 4) is 0 Å². The predicted molar refractivity (Wildman–Crippen MR) is 91.7 cm³/mol. The lowest BCUT2D eigenvalue weighted by Crippen LogP contribution is -2.24. The summed E-state index contributed by atoms with van der Waals surface area (Å²) >= 11 is 0. The van der Waals surface area contributed by atoms with Crippen LogP contribution in [0.25, 0.3) is 0 Å². The Bertz CT molecular complexity index is 558. The highest BCUT2D eigenvalue weighted by Crippen LogP contribution is 2.21. The number of hydrogen-bond donors (Lipinski definition) is 1. The van der Waals surface area contributed by atoms with Crippen molar-refractivity contribution in [1.29, 1.82) is 0 Å². The Morgan fingerprint density at radius 1 is 1.00 bits per heavy atom. The Morgan fingerprint density at radius 2 is 1.67 bits per heavy atom. The zero-order valence-electron chi connectivity index (χ0n) is 13.6. The Morgan fingerprint density at radius 3 is 2.33 bits per heavy atom. The summed E-state index contributed by atoms with van der Waals surface area (Å²) in [6, 6.07) is 17.9. The lowest BCUT2D eigenvalue weighted by atomic mass is 10.1. The zero-order valence-corrected chi connectivity index (χ0v) is 13.6. The van der Waals surface area contributed by atoms with Crippen LogP contribution in [0.15, 0.2) is 48.5 Å². The smallest absolute Gasteiger partial charge is 0.0426 e. The molecular formula is C19H26N2. The van der Waals surface area contributed by atoms with Crippen molar-refractivity contribution in [2.45, 2.75) is 39.9 Å². The molecule has 2 aromatic rings.